The largest absolute Gasteiger partial charge is 0.330 e. The first-order chi connectivity index (χ1) is 9.75. The maximum absolute atomic E-state index is 12.6. The van der Waals surface area contributed by atoms with Crippen molar-refractivity contribution in [3.8, 4) is 0 Å². The number of aromatic nitrogens is 2. The molecule has 5 heteroatoms. The van der Waals surface area contributed by atoms with Gasteiger partial charge in [-0.05, 0) is 42.8 Å². The van der Waals surface area contributed by atoms with Crippen LogP contribution in [0.25, 0.3) is 0 Å². The SMILES string of the molecule is C[C@@H](c1ccccc1)N(CC1CC1)C(=O)c1csnn1. The Morgan fingerprint density at radius 3 is 2.75 bits per heavy atom. The molecule has 1 aliphatic rings. The third-order valence-electron chi connectivity index (χ3n) is 3.74. The average Bonchev–Trinajstić information content (AvgIpc) is 3.14. The molecule has 0 aliphatic heterocycles. The van der Waals surface area contributed by atoms with Crippen LogP contribution in [0.3, 0.4) is 0 Å². The summed E-state index contributed by atoms with van der Waals surface area (Å²) in [5.74, 6) is 0.638. The lowest BCUT2D eigenvalue weighted by molar-refractivity contribution is 0.0674. The van der Waals surface area contributed by atoms with Crippen LogP contribution < -0.4 is 0 Å². The number of nitrogens with zero attached hydrogens (tertiary/aromatic N) is 3. The zero-order valence-corrected chi connectivity index (χ0v) is 12.2. The molecule has 1 aliphatic carbocycles. The van der Waals surface area contributed by atoms with E-state index >= 15 is 0 Å². The maximum atomic E-state index is 12.6. The van der Waals surface area contributed by atoms with Crippen LogP contribution in [0.5, 0.6) is 0 Å². The third kappa shape index (κ3) is 2.88. The Labute approximate surface area is 122 Å². The Morgan fingerprint density at radius 1 is 1.40 bits per heavy atom. The monoisotopic (exact) mass is 287 g/mol. The van der Waals surface area contributed by atoms with Crippen molar-refractivity contribution < 1.29 is 4.79 Å². The van der Waals surface area contributed by atoms with Gasteiger partial charge in [-0.2, -0.15) is 0 Å². The van der Waals surface area contributed by atoms with Crippen molar-refractivity contribution in [1.29, 1.82) is 0 Å². The molecule has 0 radical (unpaired) electrons. The molecule has 1 fully saturated rings. The second-order valence-corrected chi connectivity index (χ2v) is 5.89. The van der Waals surface area contributed by atoms with E-state index in [-0.39, 0.29) is 11.9 Å². The number of rotatable bonds is 5. The molecule has 0 bridgehead atoms. The van der Waals surface area contributed by atoms with Gasteiger partial charge in [-0.15, -0.1) is 5.10 Å². The van der Waals surface area contributed by atoms with Crippen LogP contribution in [0, 0.1) is 5.92 Å². The summed E-state index contributed by atoms with van der Waals surface area (Å²) in [6.07, 6.45) is 2.45. The summed E-state index contributed by atoms with van der Waals surface area (Å²) in [7, 11) is 0. The van der Waals surface area contributed by atoms with Gasteiger partial charge in [0.15, 0.2) is 5.69 Å². The molecule has 0 saturated heterocycles. The van der Waals surface area contributed by atoms with Gasteiger partial charge in [0.2, 0.25) is 0 Å². The first-order valence-corrected chi connectivity index (χ1v) is 7.72. The minimum Gasteiger partial charge on any atom is -0.330 e. The fourth-order valence-electron chi connectivity index (χ4n) is 2.31. The van der Waals surface area contributed by atoms with Crippen LogP contribution in [0.4, 0.5) is 0 Å². The Morgan fingerprint density at radius 2 is 2.15 bits per heavy atom. The summed E-state index contributed by atoms with van der Waals surface area (Å²) in [5, 5.41) is 5.64. The lowest BCUT2D eigenvalue weighted by Gasteiger charge is -2.29. The molecule has 1 aromatic heterocycles. The second-order valence-electron chi connectivity index (χ2n) is 5.28. The van der Waals surface area contributed by atoms with E-state index in [9.17, 15) is 4.79 Å². The van der Waals surface area contributed by atoms with E-state index in [4.69, 9.17) is 0 Å². The molecule has 4 nitrogen and oxygen atoms in total. The molecular formula is C15H17N3OS. The standard InChI is InChI=1S/C15H17N3OS/c1-11(13-5-3-2-4-6-13)18(9-12-7-8-12)15(19)14-10-20-17-16-14/h2-6,10-12H,7-9H2,1H3/t11-/m0/s1. The second kappa shape index (κ2) is 5.71. The van der Waals surface area contributed by atoms with Crippen molar-refractivity contribution in [2.24, 2.45) is 5.92 Å². The molecule has 1 saturated carbocycles. The van der Waals surface area contributed by atoms with Crippen LogP contribution in [-0.2, 0) is 0 Å². The van der Waals surface area contributed by atoms with Crippen molar-refractivity contribution in [1.82, 2.24) is 14.5 Å². The summed E-state index contributed by atoms with van der Waals surface area (Å²) < 4.78 is 3.80. The first kappa shape index (κ1) is 13.2. The minimum absolute atomic E-state index is 0.0120. The fourth-order valence-corrected chi connectivity index (χ4v) is 2.74. The molecule has 2 aromatic rings. The zero-order chi connectivity index (χ0) is 13.9. The average molecular weight is 287 g/mol. The topological polar surface area (TPSA) is 46.1 Å². The summed E-state index contributed by atoms with van der Waals surface area (Å²) >= 11 is 1.22. The van der Waals surface area contributed by atoms with Crippen LogP contribution in [0.2, 0.25) is 0 Å². The molecule has 1 heterocycles. The van der Waals surface area contributed by atoms with E-state index in [0.717, 1.165) is 12.1 Å². The lowest BCUT2D eigenvalue weighted by Crippen LogP contribution is -2.35. The molecule has 1 aromatic carbocycles. The Balaban J connectivity index is 1.83. The number of hydrogen-bond donors (Lipinski definition) is 0. The molecule has 0 spiro atoms. The summed E-state index contributed by atoms with van der Waals surface area (Å²) in [4.78, 5) is 14.5. The van der Waals surface area contributed by atoms with Crippen LogP contribution >= 0.6 is 11.5 Å². The van der Waals surface area contributed by atoms with Gasteiger partial charge in [0, 0.05) is 11.9 Å². The summed E-state index contributed by atoms with van der Waals surface area (Å²) in [6.45, 7) is 2.89. The van der Waals surface area contributed by atoms with Crippen molar-refractivity contribution >= 4 is 17.4 Å². The number of carbonyl (C=O) groups excluding carboxylic acids is 1. The Bertz CT molecular complexity index is 566. The first-order valence-electron chi connectivity index (χ1n) is 6.88. The zero-order valence-electron chi connectivity index (χ0n) is 11.4. The van der Waals surface area contributed by atoms with Gasteiger partial charge in [-0.3, -0.25) is 4.79 Å². The van der Waals surface area contributed by atoms with Gasteiger partial charge < -0.3 is 4.90 Å². The van der Waals surface area contributed by atoms with E-state index in [1.54, 1.807) is 5.38 Å². The van der Waals surface area contributed by atoms with Gasteiger partial charge >= 0.3 is 0 Å². The minimum atomic E-state index is -0.0120. The van der Waals surface area contributed by atoms with E-state index in [1.807, 2.05) is 23.1 Å². The molecule has 3 rings (SSSR count). The lowest BCUT2D eigenvalue weighted by atomic mass is 10.1. The third-order valence-corrected chi connectivity index (χ3v) is 4.25. The van der Waals surface area contributed by atoms with Crippen LogP contribution in [0.15, 0.2) is 35.7 Å². The van der Waals surface area contributed by atoms with Gasteiger partial charge in [0.05, 0.1) is 6.04 Å². The van der Waals surface area contributed by atoms with Crippen LogP contribution in [0.1, 0.15) is 41.9 Å². The van der Waals surface area contributed by atoms with E-state index in [1.165, 1.54) is 24.4 Å². The highest BCUT2D eigenvalue weighted by molar-refractivity contribution is 7.03. The van der Waals surface area contributed by atoms with E-state index in [2.05, 4.69) is 28.6 Å². The molecular weight excluding hydrogens is 270 g/mol. The molecule has 0 N–H and O–H groups in total. The van der Waals surface area contributed by atoms with Gasteiger partial charge in [-0.1, -0.05) is 34.8 Å². The summed E-state index contributed by atoms with van der Waals surface area (Å²) in [5.41, 5.74) is 1.61. The molecule has 20 heavy (non-hydrogen) atoms. The number of hydrogen-bond acceptors (Lipinski definition) is 4. The van der Waals surface area contributed by atoms with Crippen molar-refractivity contribution in [2.75, 3.05) is 6.54 Å². The van der Waals surface area contributed by atoms with Gasteiger partial charge in [-0.25, -0.2) is 0 Å². The quantitative estimate of drug-likeness (QED) is 0.848. The predicted molar refractivity (Wildman–Crippen MR) is 78.5 cm³/mol. The number of carbonyl (C=O) groups is 1. The van der Waals surface area contributed by atoms with Crippen molar-refractivity contribution in [2.45, 2.75) is 25.8 Å². The van der Waals surface area contributed by atoms with Crippen LogP contribution in [-0.4, -0.2) is 26.9 Å². The number of benzene rings is 1. The highest BCUT2D eigenvalue weighted by atomic mass is 32.1. The molecule has 104 valence electrons. The van der Waals surface area contributed by atoms with Gasteiger partial charge in [0.1, 0.15) is 0 Å². The smallest absolute Gasteiger partial charge is 0.275 e. The van der Waals surface area contributed by atoms with Crippen molar-refractivity contribution in [3.05, 3.63) is 47.0 Å². The normalized spacial score (nSPS) is 15.8. The van der Waals surface area contributed by atoms with E-state index < -0.39 is 0 Å². The summed E-state index contributed by atoms with van der Waals surface area (Å²) in [6, 6.07) is 10.2. The highest BCUT2D eigenvalue weighted by Crippen LogP contribution is 2.33. The van der Waals surface area contributed by atoms with Crippen molar-refractivity contribution in [3.63, 3.8) is 0 Å². The highest BCUT2D eigenvalue weighted by Gasteiger charge is 2.31. The molecule has 1 amide bonds. The van der Waals surface area contributed by atoms with E-state index in [0.29, 0.717) is 11.6 Å². The predicted octanol–water partition coefficient (Wildman–Crippen LogP) is 3.15. The fraction of sp³-hybridized carbons (Fsp3) is 0.400. The maximum Gasteiger partial charge on any atom is 0.275 e. The number of amides is 1. The Hall–Kier alpha value is -1.75. The van der Waals surface area contributed by atoms with Gasteiger partial charge in [0.25, 0.3) is 5.91 Å². The molecule has 1 atom stereocenters. The Kier molecular flexibility index (Phi) is 3.78. The molecule has 0 unspecified atom stereocenters.